The predicted octanol–water partition coefficient (Wildman–Crippen LogP) is 0.725. The Morgan fingerprint density at radius 2 is 2.00 bits per heavy atom. The Labute approximate surface area is 69.3 Å². The maximum Gasteiger partial charge on any atom is 0.373 e. The summed E-state index contributed by atoms with van der Waals surface area (Å²) in [4.78, 5) is 19.2. The van der Waals surface area contributed by atoms with Crippen molar-refractivity contribution in [1.29, 1.82) is 0 Å². The molecule has 12 heavy (non-hydrogen) atoms. The number of hydrogen-bond donors (Lipinski definition) is 1. The van der Waals surface area contributed by atoms with E-state index in [4.69, 9.17) is 5.11 Å². The first-order valence-corrected chi connectivity index (χ1v) is 3.34. The molecule has 1 aromatic carbocycles. The number of carbonyl (C=O) groups excluding carboxylic acids is 1. The summed E-state index contributed by atoms with van der Waals surface area (Å²) in [6, 6.07) is 8.36. The van der Waals surface area contributed by atoms with Gasteiger partial charge in [-0.1, -0.05) is 18.2 Å². The fraction of sp³-hybridized carbons (Fsp3) is 0.125. The summed E-state index contributed by atoms with van der Waals surface area (Å²) < 4.78 is 0. The molecule has 0 aliphatic heterocycles. The maximum atomic E-state index is 10.9. The summed E-state index contributed by atoms with van der Waals surface area (Å²) in [7, 11) is 0. The standard InChI is InChI=1S/C8H8O4/c9-6-11-12-8(10)7-4-2-1-3-5-7/h1-5,9H,6H2. The highest BCUT2D eigenvalue weighted by molar-refractivity contribution is 5.88. The van der Waals surface area contributed by atoms with Crippen LogP contribution in [0.15, 0.2) is 30.3 Å². The second-order valence-electron chi connectivity index (χ2n) is 1.98. The van der Waals surface area contributed by atoms with E-state index in [-0.39, 0.29) is 0 Å². The Morgan fingerprint density at radius 1 is 1.33 bits per heavy atom. The van der Waals surface area contributed by atoms with Gasteiger partial charge in [-0.3, -0.25) is 4.89 Å². The zero-order valence-electron chi connectivity index (χ0n) is 6.27. The van der Waals surface area contributed by atoms with Gasteiger partial charge in [0, 0.05) is 0 Å². The van der Waals surface area contributed by atoms with E-state index in [1.54, 1.807) is 30.3 Å². The summed E-state index contributed by atoms with van der Waals surface area (Å²) >= 11 is 0. The second-order valence-corrected chi connectivity index (χ2v) is 1.98. The van der Waals surface area contributed by atoms with Crippen LogP contribution in [0.3, 0.4) is 0 Å². The molecule has 0 saturated heterocycles. The van der Waals surface area contributed by atoms with E-state index >= 15 is 0 Å². The van der Waals surface area contributed by atoms with E-state index in [1.807, 2.05) is 0 Å². The highest BCUT2D eigenvalue weighted by Crippen LogP contribution is 2.00. The smallest absolute Gasteiger partial charge is 0.367 e. The molecular weight excluding hydrogens is 160 g/mol. The van der Waals surface area contributed by atoms with Gasteiger partial charge in [0.15, 0.2) is 6.79 Å². The third kappa shape index (κ3) is 2.34. The van der Waals surface area contributed by atoms with Crippen LogP contribution in [0, 0.1) is 0 Å². The quantitative estimate of drug-likeness (QED) is 0.410. The van der Waals surface area contributed by atoms with E-state index in [0.29, 0.717) is 5.56 Å². The highest BCUT2D eigenvalue weighted by atomic mass is 17.2. The zero-order chi connectivity index (χ0) is 8.81. The zero-order valence-corrected chi connectivity index (χ0v) is 6.27. The summed E-state index contributed by atoms with van der Waals surface area (Å²) in [6.07, 6.45) is 0. The average molecular weight is 168 g/mol. The number of aliphatic hydroxyl groups excluding tert-OH is 1. The van der Waals surface area contributed by atoms with Crippen LogP contribution >= 0.6 is 0 Å². The summed E-state index contributed by atoms with van der Waals surface area (Å²) in [6.45, 7) is -0.640. The van der Waals surface area contributed by atoms with Crippen molar-refractivity contribution in [3.63, 3.8) is 0 Å². The predicted molar refractivity (Wildman–Crippen MR) is 40.0 cm³/mol. The molecule has 4 heteroatoms. The van der Waals surface area contributed by atoms with Gasteiger partial charge in [0.05, 0.1) is 5.56 Å². The Morgan fingerprint density at radius 3 is 2.58 bits per heavy atom. The summed E-state index contributed by atoms with van der Waals surface area (Å²) in [5.41, 5.74) is 0.381. The lowest BCUT2D eigenvalue weighted by Gasteiger charge is -1.99. The molecule has 0 amide bonds. The van der Waals surface area contributed by atoms with Gasteiger partial charge in [0.25, 0.3) is 0 Å². The van der Waals surface area contributed by atoms with E-state index in [9.17, 15) is 4.79 Å². The number of rotatable bonds is 3. The summed E-state index contributed by atoms with van der Waals surface area (Å²) in [5, 5.41) is 8.16. The minimum absolute atomic E-state index is 0.381. The number of carbonyl (C=O) groups is 1. The Bertz CT molecular complexity index is 244. The Hall–Kier alpha value is -1.39. The molecule has 0 spiro atoms. The summed E-state index contributed by atoms with van der Waals surface area (Å²) in [5.74, 6) is -0.621. The topological polar surface area (TPSA) is 55.8 Å². The Balaban J connectivity index is 2.54. The van der Waals surface area contributed by atoms with Gasteiger partial charge in [-0.2, -0.15) is 4.89 Å². The molecule has 64 valence electrons. The molecule has 0 unspecified atom stereocenters. The molecule has 0 saturated carbocycles. The van der Waals surface area contributed by atoms with Crippen molar-refractivity contribution in [2.24, 2.45) is 0 Å². The van der Waals surface area contributed by atoms with Crippen molar-refractivity contribution < 1.29 is 19.7 Å². The first-order valence-electron chi connectivity index (χ1n) is 3.34. The van der Waals surface area contributed by atoms with Crippen LogP contribution in [0.4, 0.5) is 0 Å². The molecule has 0 bridgehead atoms. The average Bonchev–Trinajstić information content (AvgIpc) is 2.15. The van der Waals surface area contributed by atoms with Crippen molar-refractivity contribution in [2.45, 2.75) is 0 Å². The lowest BCUT2D eigenvalue weighted by molar-refractivity contribution is -0.280. The monoisotopic (exact) mass is 168 g/mol. The SMILES string of the molecule is O=C(OOCO)c1ccccc1. The molecule has 0 aliphatic rings. The third-order valence-electron chi connectivity index (χ3n) is 1.20. The van der Waals surface area contributed by atoms with E-state index in [0.717, 1.165) is 0 Å². The number of benzene rings is 1. The molecular formula is C8H8O4. The maximum absolute atomic E-state index is 10.9. The van der Waals surface area contributed by atoms with Crippen molar-refractivity contribution in [3.05, 3.63) is 35.9 Å². The van der Waals surface area contributed by atoms with Crippen molar-refractivity contribution in [3.8, 4) is 0 Å². The van der Waals surface area contributed by atoms with E-state index in [1.165, 1.54) is 0 Å². The van der Waals surface area contributed by atoms with Gasteiger partial charge >= 0.3 is 5.97 Å². The molecule has 1 aromatic rings. The normalized spacial score (nSPS) is 9.42. The largest absolute Gasteiger partial charge is 0.373 e. The van der Waals surface area contributed by atoms with E-state index in [2.05, 4.69) is 9.78 Å². The molecule has 0 fully saturated rings. The first-order chi connectivity index (χ1) is 5.84. The van der Waals surface area contributed by atoms with E-state index < -0.39 is 12.8 Å². The second kappa shape index (κ2) is 4.48. The molecule has 4 nitrogen and oxygen atoms in total. The lowest BCUT2D eigenvalue weighted by Crippen LogP contribution is -2.06. The van der Waals surface area contributed by atoms with Gasteiger partial charge in [-0.15, -0.1) is 0 Å². The first kappa shape index (κ1) is 8.70. The van der Waals surface area contributed by atoms with Crippen LogP contribution in [0.1, 0.15) is 10.4 Å². The minimum atomic E-state index is -0.640. The molecule has 1 N–H and O–H groups in total. The van der Waals surface area contributed by atoms with Gasteiger partial charge in [-0.25, -0.2) is 4.79 Å². The van der Waals surface area contributed by atoms with Gasteiger partial charge in [0.1, 0.15) is 0 Å². The lowest BCUT2D eigenvalue weighted by atomic mass is 10.2. The van der Waals surface area contributed by atoms with Gasteiger partial charge < -0.3 is 5.11 Å². The van der Waals surface area contributed by atoms with Crippen LogP contribution in [0.5, 0.6) is 0 Å². The van der Waals surface area contributed by atoms with Crippen LogP contribution in [-0.4, -0.2) is 17.9 Å². The molecule has 0 heterocycles. The van der Waals surface area contributed by atoms with Crippen molar-refractivity contribution >= 4 is 5.97 Å². The third-order valence-corrected chi connectivity index (χ3v) is 1.20. The van der Waals surface area contributed by atoms with Gasteiger partial charge in [0.2, 0.25) is 0 Å². The van der Waals surface area contributed by atoms with Crippen LogP contribution in [-0.2, 0) is 9.78 Å². The van der Waals surface area contributed by atoms with Crippen LogP contribution in [0.25, 0.3) is 0 Å². The number of aliphatic hydroxyl groups is 1. The highest BCUT2D eigenvalue weighted by Gasteiger charge is 2.05. The van der Waals surface area contributed by atoms with Gasteiger partial charge in [-0.05, 0) is 12.1 Å². The minimum Gasteiger partial charge on any atom is -0.367 e. The molecule has 1 rings (SSSR count). The fourth-order valence-electron chi connectivity index (χ4n) is 0.702. The van der Waals surface area contributed by atoms with Crippen molar-refractivity contribution in [2.75, 3.05) is 6.79 Å². The van der Waals surface area contributed by atoms with Crippen LogP contribution < -0.4 is 0 Å². The molecule has 0 aliphatic carbocycles. The van der Waals surface area contributed by atoms with Crippen LogP contribution in [0.2, 0.25) is 0 Å². The van der Waals surface area contributed by atoms with Crippen molar-refractivity contribution in [1.82, 2.24) is 0 Å². The fourth-order valence-corrected chi connectivity index (χ4v) is 0.702. The molecule has 0 aromatic heterocycles. The molecule has 0 radical (unpaired) electrons. The number of hydrogen-bond acceptors (Lipinski definition) is 4. The molecule has 0 atom stereocenters. The Kier molecular flexibility index (Phi) is 3.25.